The highest BCUT2D eigenvalue weighted by atomic mass is 19.1. The largest absolute Gasteiger partial charge is 0.478 e. The van der Waals surface area contributed by atoms with Gasteiger partial charge in [0.25, 0.3) is 0 Å². The van der Waals surface area contributed by atoms with E-state index in [2.05, 4.69) is 5.10 Å². The van der Waals surface area contributed by atoms with Gasteiger partial charge in [0.1, 0.15) is 17.1 Å². The van der Waals surface area contributed by atoms with Crippen LogP contribution in [-0.2, 0) is 0 Å². The second-order valence-corrected chi connectivity index (χ2v) is 4.98. The molecule has 110 valence electrons. The molecule has 3 aromatic rings. The maximum absolute atomic E-state index is 13.0. The first-order valence-corrected chi connectivity index (χ1v) is 6.70. The van der Waals surface area contributed by atoms with Crippen LogP contribution in [0.2, 0.25) is 0 Å². The molecule has 0 amide bonds. The van der Waals surface area contributed by atoms with Crippen LogP contribution in [0.4, 0.5) is 4.39 Å². The first-order chi connectivity index (χ1) is 10.5. The van der Waals surface area contributed by atoms with Gasteiger partial charge in [-0.05, 0) is 31.2 Å². The molecular weight excluding hydrogens is 283 g/mol. The zero-order valence-electron chi connectivity index (χ0n) is 11.8. The third-order valence-corrected chi connectivity index (χ3v) is 3.36. The molecular formula is C17H13FN2O2. The summed E-state index contributed by atoms with van der Waals surface area (Å²) >= 11 is 0. The number of carboxylic acid groups (broad SMARTS) is 1. The number of hydrogen-bond acceptors (Lipinski definition) is 2. The number of aryl methyl sites for hydroxylation is 1. The monoisotopic (exact) mass is 296 g/mol. The van der Waals surface area contributed by atoms with Gasteiger partial charge in [-0.2, -0.15) is 5.10 Å². The Hall–Kier alpha value is -2.95. The van der Waals surface area contributed by atoms with Gasteiger partial charge in [-0.1, -0.05) is 29.8 Å². The molecule has 0 aliphatic rings. The van der Waals surface area contributed by atoms with Crippen LogP contribution >= 0.6 is 0 Å². The molecule has 3 rings (SSSR count). The quantitative estimate of drug-likeness (QED) is 0.802. The minimum Gasteiger partial charge on any atom is -0.478 e. The van der Waals surface area contributed by atoms with Crippen molar-refractivity contribution in [3.8, 4) is 16.9 Å². The van der Waals surface area contributed by atoms with Gasteiger partial charge in [-0.25, -0.2) is 13.9 Å². The Morgan fingerprint density at radius 1 is 1.09 bits per heavy atom. The molecule has 0 atom stereocenters. The van der Waals surface area contributed by atoms with Crippen LogP contribution in [0.3, 0.4) is 0 Å². The lowest BCUT2D eigenvalue weighted by Gasteiger charge is -2.01. The smallest absolute Gasteiger partial charge is 0.339 e. The van der Waals surface area contributed by atoms with Gasteiger partial charge in [-0.3, -0.25) is 0 Å². The first kappa shape index (κ1) is 14.0. The molecule has 2 aromatic carbocycles. The normalized spacial score (nSPS) is 10.6. The van der Waals surface area contributed by atoms with Crippen LogP contribution in [0, 0.1) is 12.7 Å². The van der Waals surface area contributed by atoms with E-state index >= 15 is 0 Å². The van der Waals surface area contributed by atoms with Crippen LogP contribution in [0.1, 0.15) is 15.9 Å². The highest BCUT2D eigenvalue weighted by Gasteiger charge is 2.17. The highest BCUT2D eigenvalue weighted by molar-refractivity contribution is 5.94. The second-order valence-electron chi connectivity index (χ2n) is 4.98. The number of nitrogens with zero attached hydrogens (tertiary/aromatic N) is 2. The average Bonchev–Trinajstić information content (AvgIpc) is 2.94. The number of rotatable bonds is 3. The Bertz CT molecular complexity index is 821. The molecule has 0 aliphatic carbocycles. The number of carbonyl (C=O) groups is 1. The van der Waals surface area contributed by atoms with E-state index in [1.807, 2.05) is 31.2 Å². The van der Waals surface area contributed by atoms with E-state index < -0.39 is 5.97 Å². The van der Waals surface area contributed by atoms with Gasteiger partial charge < -0.3 is 5.11 Å². The number of halogens is 1. The molecule has 22 heavy (non-hydrogen) atoms. The van der Waals surface area contributed by atoms with E-state index in [4.69, 9.17) is 0 Å². The summed E-state index contributed by atoms with van der Waals surface area (Å²) in [6, 6.07) is 13.2. The molecule has 5 heteroatoms. The summed E-state index contributed by atoms with van der Waals surface area (Å²) in [4.78, 5) is 11.4. The fourth-order valence-electron chi connectivity index (χ4n) is 2.18. The molecule has 4 nitrogen and oxygen atoms in total. The van der Waals surface area contributed by atoms with Crippen molar-refractivity contribution in [2.45, 2.75) is 6.92 Å². The van der Waals surface area contributed by atoms with Crippen molar-refractivity contribution in [3.63, 3.8) is 0 Å². The summed E-state index contributed by atoms with van der Waals surface area (Å²) in [6.45, 7) is 1.96. The van der Waals surface area contributed by atoms with Gasteiger partial charge in [0.05, 0.1) is 5.69 Å². The lowest BCUT2D eigenvalue weighted by atomic mass is 10.1. The fourth-order valence-corrected chi connectivity index (χ4v) is 2.18. The van der Waals surface area contributed by atoms with Crippen molar-refractivity contribution < 1.29 is 14.3 Å². The molecule has 1 aromatic heterocycles. The Morgan fingerprint density at radius 2 is 1.73 bits per heavy atom. The summed E-state index contributed by atoms with van der Waals surface area (Å²) in [7, 11) is 0. The molecule has 0 unspecified atom stereocenters. The van der Waals surface area contributed by atoms with Gasteiger partial charge in [0.2, 0.25) is 0 Å². The minimum absolute atomic E-state index is 0.105. The average molecular weight is 296 g/mol. The number of hydrogen-bond donors (Lipinski definition) is 1. The molecule has 1 heterocycles. The van der Waals surface area contributed by atoms with Gasteiger partial charge in [-0.15, -0.1) is 0 Å². The highest BCUT2D eigenvalue weighted by Crippen LogP contribution is 2.24. The van der Waals surface area contributed by atoms with E-state index in [1.165, 1.54) is 23.0 Å². The third kappa shape index (κ3) is 2.61. The topological polar surface area (TPSA) is 55.1 Å². The zero-order valence-corrected chi connectivity index (χ0v) is 11.8. The van der Waals surface area contributed by atoms with E-state index in [0.29, 0.717) is 11.4 Å². The molecule has 0 fully saturated rings. The van der Waals surface area contributed by atoms with Crippen LogP contribution in [0.15, 0.2) is 54.7 Å². The number of benzene rings is 2. The molecule has 1 N–H and O–H groups in total. The van der Waals surface area contributed by atoms with Crippen molar-refractivity contribution in [3.05, 3.63) is 71.7 Å². The van der Waals surface area contributed by atoms with Crippen LogP contribution < -0.4 is 0 Å². The molecule has 0 spiro atoms. The first-order valence-electron chi connectivity index (χ1n) is 6.70. The standard InChI is InChI=1S/C17H13FN2O2/c1-11-2-4-12(5-3-11)16-15(17(21)22)10-20(19-16)14-8-6-13(18)7-9-14/h2-10H,1H3,(H,21,22). The molecule has 0 saturated heterocycles. The van der Waals surface area contributed by atoms with Gasteiger partial charge in [0, 0.05) is 11.8 Å². The predicted molar refractivity (Wildman–Crippen MR) is 80.7 cm³/mol. The molecule has 0 bridgehead atoms. The van der Waals surface area contributed by atoms with E-state index in [1.54, 1.807) is 12.1 Å². The van der Waals surface area contributed by atoms with Gasteiger partial charge >= 0.3 is 5.97 Å². The second kappa shape index (κ2) is 5.44. The van der Waals surface area contributed by atoms with Gasteiger partial charge in [0.15, 0.2) is 0 Å². The Labute approximate surface area is 126 Å². The van der Waals surface area contributed by atoms with E-state index in [-0.39, 0.29) is 11.4 Å². The maximum Gasteiger partial charge on any atom is 0.339 e. The van der Waals surface area contributed by atoms with Crippen LogP contribution in [0.5, 0.6) is 0 Å². The Kier molecular flexibility index (Phi) is 3.47. The van der Waals surface area contributed by atoms with Crippen molar-refractivity contribution in [1.82, 2.24) is 9.78 Å². The molecule has 0 radical (unpaired) electrons. The predicted octanol–water partition coefficient (Wildman–Crippen LogP) is 3.69. The molecule has 0 saturated carbocycles. The van der Waals surface area contributed by atoms with Crippen molar-refractivity contribution in [2.24, 2.45) is 0 Å². The minimum atomic E-state index is -1.05. The lowest BCUT2D eigenvalue weighted by Crippen LogP contribution is -1.96. The summed E-state index contributed by atoms with van der Waals surface area (Å²) in [5.74, 6) is -1.41. The molecule has 0 aliphatic heterocycles. The summed E-state index contributed by atoms with van der Waals surface area (Å²) in [5, 5.41) is 13.7. The van der Waals surface area contributed by atoms with Crippen molar-refractivity contribution in [1.29, 1.82) is 0 Å². The summed E-state index contributed by atoms with van der Waals surface area (Å²) in [5.41, 5.74) is 2.90. The Balaban J connectivity index is 2.11. The van der Waals surface area contributed by atoms with Crippen molar-refractivity contribution >= 4 is 5.97 Å². The zero-order chi connectivity index (χ0) is 15.7. The number of aromatic nitrogens is 2. The van der Waals surface area contributed by atoms with E-state index in [9.17, 15) is 14.3 Å². The van der Waals surface area contributed by atoms with Crippen LogP contribution in [0.25, 0.3) is 16.9 Å². The lowest BCUT2D eigenvalue weighted by molar-refractivity contribution is 0.0697. The third-order valence-electron chi connectivity index (χ3n) is 3.36. The van der Waals surface area contributed by atoms with E-state index in [0.717, 1.165) is 11.1 Å². The number of aromatic carboxylic acids is 1. The van der Waals surface area contributed by atoms with Crippen molar-refractivity contribution in [2.75, 3.05) is 0 Å². The summed E-state index contributed by atoms with van der Waals surface area (Å²) < 4.78 is 14.4. The Morgan fingerprint density at radius 3 is 2.32 bits per heavy atom. The number of carboxylic acids is 1. The fraction of sp³-hybridized carbons (Fsp3) is 0.0588. The maximum atomic E-state index is 13.0. The summed E-state index contributed by atoms with van der Waals surface area (Å²) in [6.07, 6.45) is 1.44. The SMILES string of the molecule is Cc1ccc(-c2nn(-c3ccc(F)cc3)cc2C(=O)O)cc1. The van der Waals surface area contributed by atoms with Crippen LogP contribution in [-0.4, -0.2) is 20.9 Å².